The molecule has 0 bridgehead atoms. The zero-order valence-electron chi connectivity index (χ0n) is 12.5. The van der Waals surface area contributed by atoms with Crippen molar-refractivity contribution in [2.24, 2.45) is 0 Å². The molecule has 1 fully saturated rings. The van der Waals surface area contributed by atoms with Crippen molar-refractivity contribution in [3.8, 4) is 0 Å². The standard InChI is InChI=1S/C16H18N4OS/c1-22-14-7-3-2-6-12(14)17-16(21)13-8-9-15(19-18-13)20-10-4-5-11-20/h2-3,6-9H,4-5,10-11H2,1H3,(H,17,21). The highest BCUT2D eigenvalue weighted by Gasteiger charge is 2.15. The molecule has 0 spiro atoms. The number of anilines is 2. The fourth-order valence-electron chi connectivity index (χ4n) is 2.50. The number of nitrogens with zero attached hydrogens (tertiary/aromatic N) is 3. The van der Waals surface area contributed by atoms with E-state index in [9.17, 15) is 4.79 Å². The first kappa shape index (κ1) is 14.8. The minimum absolute atomic E-state index is 0.234. The van der Waals surface area contributed by atoms with Crippen molar-refractivity contribution in [1.82, 2.24) is 10.2 Å². The minimum Gasteiger partial charge on any atom is -0.355 e. The maximum absolute atomic E-state index is 12.3. The van der Waals surface area contributed by atoms with Gasteiger partial charge in [0.15, 0.2) is 11.5 Å². The van der Waals surface area contributed by atoms with Crippen LogP contribution in [0.4, 0.5) is 11.5 Å². The first-order chi connectivity index (χ1) is 10.8. The van der Waals surface area contributed by atoms with Gasteiger partial charge in [0, 0.05) is 18.0 Å². The number of aromatic nitrogens is 2. The second-order valence-electron chi connectivity index (χ2n) is 5.13. The van der Waals surface area contributed by atoms with E-state index < -0.39 is 0 Å². The van der Waals surface area contributed by atoms with E-state index in [-0.39, 0.29) is 5.91 Å². The Morgan fingerprint density at radius 3 is 2.59 bits per heavy atom. The van der Waals surface area contributed by atoms with E-state index >= 15 is 0 Å². The molecular formula is C16H18N4OS. The van der Waals surface area contributed by atoms with Crippen LogP contribution in [0.2, 0.25) is 0 Å². The van der Waals surface area contributed by atoms with Crippen LogP contribution in [-0.4, -0.2) is 35.4 Å². The van der Waals surface area contributed by atoms with Crippen LogP contribution < -0.4 is 10.2 Å². The fraction of sp³-hybridized carbons (Fsp3) is 0.312. The van der Waals surface area contributed by atoms with E-state index in [4.69, 9.17) is 0 Å². The Kier molecular flexibility index (Phi) is 4.58. The molecule has 22 heavy (non-hydrogen) atoms. The van der Waals surface area contributed by atoms with Crippen molar-refractivity contribution in [3.05, 3.63) is 42.1 Å². The molecule has 2 aromatic rings. The van der Waals surface area contributed by atoms with E-state index in [0.717, 1.165) is 29.5 Å². The molecule has 1 aliphatic rings. The molecular weight excluding hydrogens is 296 g/mol. The van der Waals surface area contributed by atoms with Gasteiger partial charge in [-0.2, -0.15) is 0 Å². The molecule has 1 aliphatic heterocycles. The largest absolute Gasteiger partial charge is 0.355 e. The highest BCUT2D eigenvalue weighted by atomic mass is 32.2. The Morgan fingerprint density at radius 2 is 1.91 bits per heavy atom. The number of para-hydroxylation sites is 1. The molecule has 114 valence electrons. The van der Waals surface area contributed by atoms with Crippen LogP contribution in [0.3, 0.4) is 0 Å². The normalized spacial score (nSPS) is 14.1. The van der Waals surface area contributed by atoms with E-state index in [1.807, 2.05) is 36.6 Å². The average Bonchev–Trinajstić information content (AvgIpc) is 3.10. The Labute approximate surface area is 134 Å². The molecule has 0 aliphatic carbocycles. The molecule has 6 heteroatoms. The number of benzene rings is 1. The highest BCUT2D eigenvalue weighted by Crippen LogP contribution is 2.25. The summed E-state index contributed by atoms with van der Waals surface area (Å²) in [7, 11) is 0. The summed E-state index contributed by atoms with van der Waals surface area (Å²) in [5.74, 6) is 0.612. The predicted molar refractivity (Wildman–Crippen MR) is 89.7 cm³/mol. The van der Waals surface area contributed by atoms with Crippen molar-refractivity contribution in [3.63, 3.8) is 0 Å². The van der Waals surface area contributed by atoms with Crippen LogP contribution in [0.1, 0.15) is 23.3 Å². The van der Waals surface area contributed by atoms with Crippen LogP contribution in [0.15, 0.2) is 41.3 Å². The van der Waals surface area contributed by atoms with Gasteiger partial charge in [-0.1, -0.05) is 12.1 Å². The molecule has 1 aromatic carbocycles. The number of carbonyl (C=O) groups excluding carboxylic acids is 1. The van der Waals surface area contributed by atoms with Crippen LogP contribution in [-0.2, 0) is 0 Å². The number of carbonyl (C=O) groups is 1. The summed E-state index contributed by atoms with van der Waals surface area (Å²) in [5.41, 5.74) is 1.13. The van der Waals surface area contributed by atoms with Crippen molar-refractivity contribution in [1.29, 1.82) is 0 Å². The lowest BCUT2D eigenvalue weighted by Crippen LogP contribution is -2.21. The van der Waals surface area contributed by atoms with Gasteiger partial charge >= 0.3 is 0 Å². The van der Waals surface area contributed by atoms with E-state index in [2.05, 4.69) is 20.4 Å². The van der Waals surface area contributed by atoms with Crippen molar-refractivity contribution < 1.29 is 4.79 Å². The molecule has 1 aromatic heterocycles. The quantitative estimate of drug-likeness (QED) is 0.879. The molecule has 1 N–H and O–H groups in total. The van der Waals surface area contributed by atoms with Crippen molar-refractivity contribution in [2.75, 3.05) is 29.6 Å². The highest BCUT2D eigenvalue weighted by molar-refractivity contribution is 7.98. The number of nitrogens with one attached hydrogen (secondary N) is 1. The summed E-state index contributed by atoms with van der Waals surface area (Å²) in [6.07, 6.45) is 4.36. The van der Waals surface area contributed by atoms with Gasteiger partial charge in [0.1, 0.15) is 0 Å². The summed E-state index contributed by atoms with van der Waals surface area (Å²) in [6, 6.07) is 11.3. The summed E-state index contributed by atoms with van der Waals surface area (Å²) >= 11 is 1.59. The van der Waals surface area contributed by atoms with Gasteiger partial charge in [-0.05, 0) is 43.4 Å². The second kappa shape index (κ2) is 6.79. The molecule has 0 atom stereocenters. The maximum Gasteiger partial charge on any atom is 0.276 e. The molecule has 0 unspecified atom stereocenters. The molecule has 0 saturated carbocycles. The lowest BCUT2D eigenvalue weighted by atomic mass is 10.3. The number of amides is 1. The first-order valence-electron chi connectivity index (χ1n) is 7.31. The lowest BCUT2D eigenvalue weighted by Gasteiger charge is -2.15. The van der Waals surface area contributed by atoms with Crippen LogP contribution in [0, 0.1) is 0 Å². The number of rotatable bonds is 4. The molecule has 5 nitrogen and oxygen atoms in total. The fourth-order valence-corrected chi connectivity index (χ4v) is 3.05. The smallest absolute Gasteiger partial charge is 0.276 e. The zero-order chi connectivity index (χ0) is 15.4. The number of hydrogen-bond donors (Lipinski definition) is 1. The van der Waals surface area contributed by atoms with Crippen LogP contribution >= 0.6 is 11.8 Å². The average molecular weight is 314 g/mol. The minimum atomic E-state index is -0.234. The summed E-state index contributed by atoms with van der Waals surface area (Å²) in [5, 5.41) is 11.1. The molecule has 3 rings (SSSR count). The van der Waals surface area contributed by atoms with Gasteiger partial charge < -0.3 is 10.2 Å². The van der Waals surface area contributed by atoms with Gasteiger partial charge in [-0.3, -0.25) is 4.79 Å². The Bertz CT molecular complexity index is 653. The Morgan fingerprint density at radius 1 is 1.14 bits per heavy atom. The topological polar surface area (TPSA) is 58.1 Å². The summed E-state index contributed by atoms with van der Waals surface area (Å²) in [4.78, 5) is 15.5. The molecule has 1 saturated heterocycles. The summed E-state index contributed by atoms with van der Waals surface area (Å²) < 4.78 is 0. The first-order valence-corrected chi connectivity index (χ1v) is 8.53. The Balaban J connectivity index is 1.72. The van der Waals surface area contributed by atoms with Gasteiger partial charge in [-0.25, -0.2) is 0 Å². The van der Waals surface area contributed by atoms with Gasteiger partial charge in [-0.15, -0.1) is 22.0 Å². The predicted octanol–water partition coefficient (Wildman–Crippen LogP) is 3.05. The third kappa shape index (κ3) is 3.22. The van der Waals surface area contributed by atoms with E-state index in [1.165, 1.54) is 12.8 Å². The maximum atomic E-state index is 12.3. The van der Waals surface area contributed by atoms with Gasteiger partial charge in [0.2, 0.25) is 0 Å². The number of hydrogen-bond acceptors (Lipinski definition) is 5. The zero-order valence-corrected chi connectivity index (χ0v) is 13.3. The van der Waals surface area contributed by atoms with E-state index in [1.54, 1.807) is 17.8 Å². The summed E-state index contributed by atoms with van der Waals surface area (Å²) in [6.45, 7) is 2.03. The van der Waals surface area contributed by atoms with Crippen LogP contribution in [0.25, 0.3) is 0 Å². The second-order valence-corrected chi connectivity index (χ2v) is 5.97. The molecule has 2 heterocycles. The van der Waals surface area contributed by atoms with Crippen molar-refractivity contribution >= 4 is 29.2 Å². The van der Waals surface area contributed by atoms with Gasteiger partial charge in [0.05, 0.1) is 5.69 Å². The lowest BCUT2D eigenvalue weighted by molar-refractivity contribution is 0.102. The number of thioether (sulfide) groups is 1. The third-order valence-corrected chi connectivity index (χ3v) is 4.46. The third-order valence-electron chi connectivity index (χ3n) is 3.67. The van der Waals surface area contributed by atoms with E-state index in [0.29, 0.717) is 5.69 Å². The van der Waals surface area contributed by atoms with Crippen molar-refractivity contribution in [2.45, 2.75) is 17.7 Å². The SMILES string of the molecule is CSc1ccccc1NC(=O)c1ccc(N2CCCC2)nn1. The molecule has 1 amide bonds. The molecule has 0 radical (unpaired) electrons. The monoisotopic (exact) mass is 314 g/mol. The van der Waals surface area contributed by atoms with Crippen LogP contribution in [0.5, 0.6) is 0 Å². The van der Waals surface area contributed by atoms with Gasteiger partial charge in [0.25, 0.3) is 5.91 Å². The Hall–Kier alpha value is -2.08.